The number of fused-ring (bicyclic) bond motifs is 1. The first-order valence-electron chi connectivity index (χ1n) is 6.29. The van der Waals surface area contributed by atoms with Crippen molar-refractivity contribution in [3.8, 4) is 0 Å². The highest BCUT2D eigenvalue weighted by atomic mass is 16.3. The van der Waals surface area contributed by atoms with Gasteiger partial charge < -0.3 is 9.67 Å². The predicted octanol–water partition coefficient (Wildman–Crippen LogP) is 2.53. The molecule has 3 rings (SSSR count). The molecule has 0 aliphatic heterocycles. The summed E-state index contributed by atoms with van der Waals surface area (Å²) in [4.78, 5) is 8.82. The zero-order chi connectivity index (χ0) is 13.2. The third kappa shape index (κ3) is 2.22. The lowest BCUT2D eigenvalue weighted by Gasteiger charge is -2.10. The third-order valence-electron chi connectivity index (χ3n) is 3.10. The molecule has 19 heavy (non-hydrogen) atoms. The van der Waals surface area contributed by atoms with Crippen molar-refractivity contribution in [1.82, 2.24) is 14.5 Å². The molecule has 0 aliphatic carbocycles. The standard InChI is InChI=1S/C15H15N3O/c1-11(19)15-17-13-7-2-3-8-14(13)18(15)10-12-6-4-5-9-16-12/h2-9,11,19H,10H2,1H3/t11-/m0/s1. The number of aliphatic hydroxyl groups excluding tert-OH is 1. The highest BCUT2D eigenvalue weighted by molar-refractivity contribution is 5.76. The summed E-state index contributed by atoms with van der Waals surface area (Å²) in [5.74, 6) is 0.673. The van der Waals surface area contributed by atoms with Gasteiger partial charge >= 0.3 is 0 Å². The Bertz CT molecular complexity index is 689. The van der Waals surface area contributed by atoms with Gasteiger partial charge in [0.05, 0.1) is 23.3 Å². The number of rotatable bonds is 3. The first kappa shape index (κ1) is 11.9. The van der Waals surface area contributed by atoms with Crippen LogP contribution in [0.4, 0.5) is 0 Å². The van der Waals surface area contributed by atoms with E-state index < -0.39 is 6.10 Å². The quantitative estimate of drug-likeness (QED) is 0.780. The Labute approximate surface area is 111 Å². The molecule has 4 nitrogen and oxygen atoms in total. The van der Waals surface area contributed by atoms with Crippen LogP contribution in [0, 0.1) is 0 Å². The van der Waals surface area contributed by atoms with Gasteiger partial charge in [-0.2, -0.15) is 0 Å². The zero-order valence-corrected chi connectivity index (χ0v) is 10.7. The predicted molar refractivity (Wildman–Crippen MR) is 73.7 cm³/mol. The fourth-order valence-electron chi connectivity index (χ4n) is 2.23. The Balaban J connectivity index is 2.12. The molecule has 4 heteroatoms. The van der Waals surface area contributed by atoms with Crippen molar-refractivity contribution in [2.75, 3.05) is 0 Å². The van der Waals surface area contributed by atoms with Crippen molar-refractivity contribution in [3.05, 3.63) is 60.2 Å². The maximum absolute atomic E-state index is 9.88. The SMILES string of the molecule is C[C@H](O)c1nc2ccccc2n1Cc1ccccn1. The molecule has 0 unspecified atom stereocenters. The Morgan fingerprint density at radius 1 is 1.16 bits per heavy atom. The molecule has 1 atom stereocenters. The van der Waals surface area contributed by atoms with Gasteiger partial charge in [-0.05, 0) is 31.2 Å². The van der Waals surface area contributed by atoms with Crippen molar-refractivity contribution < 1.29 is 5.11 Å². The zero-order valence-electron chi connectivity index (χ0n) is 10.7. The molecule has 0 bridgehead atoms. The molecule has 0 fully saturated rings. The lowest BCUT2D eigenvalue weighted by Crippen LogP contribution is -2.08. The number of aromatic nitrogens is 3. The highest BCUT2D eigenvalue weighted by Crippen LogP contribution is 2.21. The maximum Gasteiger partial charge on any atom is 0.138 e. The van der Waals surface area contributed by atoms with Gasteiger partial charge in [0, 0.05) is 6.20 Å². The Morgan fingerprint density at radius 3 is 2.68 bits per heavy atom. The van der Waals surface area contributed by atoms with E-state index in [0.717, 1.165) is 16.7 Å². The summed E-state index contributed by atoms with van der Waals surface area (Å²) in [5.41, 5.74) is 2.87. The van der Waals surface area contributed by atoms with Crippen LogP contribution in [0.25, 0.3) is 11.0 Å². The van der Waals surface area contributed by atoms with Crippen LogP contribution in [0.1, 0.15) is 24.5 Å². The average Bonchev–Trinajstić information content (AvgIpc) is 2.79. The summed E-state index contributed by atoms with van der Waals surface area (Å²) in [6.07, 6.45) is 1.17. The fourth-order valence-corrected chi connectivity index (χ4v) is 2.23. The number of hydrogen-bond donors (Lipinski definition) is 1. The van der Waals surface area contributed by atoms with Crippen molar-refractivity contribution in [1.29, 1.82) is 0 Å². The van der Waals surface area contributed by atoms with E-state index in [1.807, 2.05) is 47.0 Å². The molecule has 3 aromatic rings. The number of nitrogens with zero attached hydrogens (tertiary/aromatic N) is 3. The fraction of sp³-hybridized carbons (Fsp3) is 0.200. The molecular weight excluding hydrogens is 238 g/mol. The summed E-state index contributed by atoms with van der Waals surface area (Å²) in [6, 6.07) is 13.7. The lowest BCUT2D eigenvalue weighted by molar-refractivity contribution is 0.185. The van der Waals surface area contributed by atoms with Crippen LogP contribution in [-0.2, 0) is 6.54 Å². The van der Waals surface area contributed by atoms with E-state index in [1.54, 1.807) is 13.1 Å². The van der Waals surface area contributed by atoms with E-state index >= 15 is 0 Å². The summed E-state index contributed by atoms with van der Waals surface area (Å²) < 4.78 is 2.02. The van der Waals surface area contributed by atoms with Crippen molar-refractivity contribution in [2.45, 2.75) is 19.6 Å². The first-order chi connectivity index (χ1) is 9.25. The largest absolute Gasteiger partial charge is 0.385 e. The van der Waals surface area contributed by atoms with Gasteiger partial charge in [-0.1, -0.05) is 18.2 Å². The lowest BCUT2D eigenvalue weighted by atomic mass is 10.3. The first-order valence-corrected chi connectivity index (χ1v) is 6.29. The van der Waals surface area contributed by atoms with E-state index in [0.29, 0.717) is 12.4 Å². The van der Waals surface area contributed by atoms with E-state index in [2.05, 4.69) is 9.97 Å². The minimum atomic E-state index is -0.601. The molecule has 0 amide bonds. The number of para-hydroxylation sites is 2. The molecule has 0 saturated heterocycles. The number of hydrogen-bond acceptors (Lipinski definition) is 3. The van der Waals surface area contributed by atoms with Crippen molar-refractivity contribution >= 4 is 11.0 Å². The third-order valence-corrected chi connectivity index (χ3v) is 3.10. The molecular formula is C15H15N3O. The molecule has 0 saturated carbocycles. The van der Waals surface area contributed by atoms with Crippen LogP contribution in [0.15, 0.2) is 48.7 Å². The number of benzene rings is 1. The molecule has 2 aromatic heterocycles. The van der Waals surface area contributed by atoms with Gasteiger partial charge in [0.2, 0.25) is 0 Å². The van der Waals surface area contributed by atoms with Gasteiger partial charge in [0.15, 0.2) is 0 Å². The van der Waals surface area contributed by atoms with E-state index in [4.69, 9.17) is 0 Å². The van der Waals surface area contributed by atoms with Crippen LogP contribution in [-0.4, -0.2) is 19.6 Å². The number of aliphatic hydroxyl groups is 1. The second-order valence-corrected chi connectivity index (χ2v) is 4.54. The minimum absolute atomic E-state index is 0.601. The van der Waals surface area contributed by atoms with E-state index in [9.17, 15) is 5.11 Å². The molecule has 2 heterocycles. The monoisotopic (exact) mass is 253 g/mol. The van der Waals surface area contributed by atoms with Gasteiger partial charge in [-0.15, -0.1) is 0 Å². The molecule has 1 N–H and O–H groups in total. The maximum atomic E-state index is 9.88. The molecule has 1 aromatic carbocycles. The van der Waals surface area contributed by atoms with E-state index in [1.165, 1.54) is 0 Å². The number of pyridine rings is 1. The van der Waals surface area contributed by atoms with Crippen LogP contribution in [0.2, 0.25) is 0 Å². The van der Waals surface area contributed by atoms with Crippen LogP contribution in [0.5, 0.6) is 0 Å². The van der Waals surface area contributed by atoms with Crippen LogP contribution < -0.4 is 0 Å². The highest BCUT2D eigenvalue weighted by Gasteiger charge is 2.14. The summed E-state index contributed by atoms with van der Waals surface area (Å²) in [7, 11) is 0. The van der Waals surface area contributed by atoms with Gasteiger partial charge in [0.25, 0.3) is 0 Å². The van der Waals surface area contributed by atoms with Crippen molar-refractivity contribution in [2.24, 2.45) is 0 Å². The normalized spacial score (nSPS) is 12.7. The summed E-state index contributed by atoms with van der Waals surface area (Å²) >= 11 is 0. The smallest absolute Gasteiger partial charge is 0.138 e. The Hall–Kier alpha value is -2.20. The average molecular weight is 253 g/mol. The summed E-state index contributed by atoms with van der Waals surface area (Å²) in [5, 5.41) is 9.88. The molecule has 0 spiro atoms. The van der Waals surface area contributed by atoms with Gasteiger partial charge in [-0.3, -0.25) is 4.98 Å². The molecule has 0 aliphatic rings. The topological polar surface area (TPSA) is 50.9 Å². The van der Waals surface area contributed by atoms with Crippen molar-refractivity contribution in [3.63, 3.8) is 0 Å². The second kappa shape index (κ2) is 4.82. The Morgan fingerprint density at radius 2 is 1.95 bits per heavy atom. The van der Waals surface area contributed by atoms with Crippen LogP contribution in [0.3, 0.4) is 0 Å². The van der Waals surface area contributed by atoms with E-state index in [-0.39, 0.29) is 0 Å². The summed E-state index contributed by atoms with van der Waals surface area (Å²) in [6.45, 7) is 2.34. The Kier molecular flexibility index (Phi) is 3.01. The van der Waals surface area contributed by atoms with Gasteiger partial charge in [-0.25, -0.2) is 4.98 Å². The van der Waals surface area contributed by atoms with Crippen LogP contribution >= 0.6 is 0 Å². The molecule has 96 valence electrons. The molecule has 0 radical (unpaired) electrons. The number of imidazole rings is 1. The minimum Gasteiger partial charge on any atom is -0.385 e. The van der Waals surface area contributed by atoms with Gasteiger partial charge in [0.1, 0.15) is 11.9 Å². The second-order valence-electron chi connectivity index (χ2n) is 4.54.